The number of benzene rings is 1. The largest absolute Gasteiger partial charge is 0.453 e. The van der Waals surface area contributed by atoms with Gasteiger partial charge in [-0.05, 0) is 62.8 Å². The summed E-state index contributed by atoms with van der Waals surface area (Å²) < 4.78 is 5.25. The smallest absolute Gasteiger partial charge is 0.307 e. The van der Waals surface area contributed by atoms with Gasteiger partial charge in [0, 0.05) is 17.0 Å². The van der Waals surface area contributed by atoms with Crippen molar-refractivity contribution in [3.8, 4) is 0 Å². The third kappa shape index (κ3) is 4.85. The normalized spacial score (nSPS) is 14.1. The summed E-state index contributed by atoms with van der Waals surface area (Å²) in [6.45, 7) is 3.46. The number of H-pyrrole nitrogens is 1. The van der Waals surface area contributed by atoms with Crippen LogP contribution in [-0.2, 0) is 33.6 Å². The summed E-state index contributed by atoms with van der Waals surface area (Å²) in [6, 6.07) is 7.39. The number of fused-ring (bicyclic) bond motifs is 3. The highest BCUT2D eigenvalue weighted by Gasteiger charge is 2.21. The number of nitrogens with one attached hydrogen (secondary N) is 2. The number of hydrogen-bond donors (Lipinski definition) is 2. The maximum atomic E-state index is 12.6. The van der Waals surface area contributed by atoms with Gasteiger partial charge in [0.1, 0.15) is 10.7 Å². The van der Waals surface area contributed by atoms with Crippen molar-refractivity contribution >= 4 is 39.1 Å². The van der Waals surface area contributed by atoms with Crippen molar-refractivity contribution in [3.63, 3.8) is 0 Å². The second-order valence-corrected chi connectivity index (χ2v) is 8.98. The van der Waals surface area contributed by atoms with E-state index in [1.165, 1.54) is 11.8 Å². The molecular weight excluding hydrogens is 414 g/mol. The third-order valence-electron chi connectivity index (χ3n) is 5.40. The summed E-state index contributed by atoms with van der Waals surface area (Å²) in [4.78, 5) is 46.5. The summed E-state index contributed by atoms with van der Waals surface area (Å²) >= 11 is 1.58. The first-order valence-corrected chi connectivity index (χ1v) is 11.3. The zero-order valence-electron chi connectivity index (χ0n) is 17.6. The van der Waals surface area contributed by atoms with E-state index in [0.29, 0.717) is 16.9 Å². The third-order valence-corrected chi connectivity index (χ3v) is 6.59. The Labute approximate surface area is 183 Å². The Morgan fingerprint density at radius 1 is 1.29 bits per heavy atom. The molecule has 0 fully saturated rings. The average molecular weight is 440 g/mol. The zero-order valence-corrected chi connectivity index (χ0v) is 18.4. The van der Waals surface area contributed by atoms with Gasteiger partial charge < -0.3 is 15.0 Å². The topological polar surface area (TPSA) is 101 Å². The Morgan fingerprint density at radius 2 is 2.10 bits per heavy atom. The van der Waals surface area contributed by atoms with Crippen molar-refractivity contribution < 1.29 is 14.3 Å². The quantitative estimate of drug-likeness (QED) is 0.571. The molecular formula is C23H25N3O4S. The van der Waals surface area contributed by atoms with Crippen molar-refractivity contribution in [2.45, 2.75) is 58.5 Å². The van der Waals surface area contributed by atoms with E-state index in [-0.39, 0.29) is 18.4 Å². The maximum absolute atomic E-state index is 12.6. The van der Waals surface area contributed by atoms with Crippen LogP contribution in [0.2, 0.25) is 0 Å². The lowest BCUT2D eigenvalue weighted by atomic mass is 9.97. The lowest BCUT2D eigenvalue weighted by molar-refractivity contribution is -0.153. The lowest BCUT2D eigenvalue weighted by Crippen LogP contribution is -2.30. The number of aromatic amines is 1. The molecule has 0 unspecified atom stereocenters. The average Bonchev–Trinajstić information content (AvgIpc) is 3.11. The van der Waals surface area contributed by atoms with Gasteiger partial charge in [-0.1, -0.05) is 12.1 Å². The highest BCUT2D eigenvalue weighted by molar-refractivity contribution is 7.18. The van der Waals surface area contributed by atoms with Gasteiger partial charge in [-0.2, -0.15) is 0 Å². The highest BCUT2D eigenvalue weighted by atomic mass is 32.1. The molecule has 1 aliphatic rings. The molecule has 8 heteroatoms. The lowest BCUT2D eigenvalue weighted by Gasteiger charge is -2.13. The van der Waals surface area contributed by atoms with E-state index in [4.69, 9.17) is 4.74 Å². The van der Waals surface area contributed by atoms with Crippen molar-refractivity contribution in [3.05, 3.63) is 56.4 Å². The first-order valence-electron chi connectivity index (χ1n) is 10.5. The fourth-order valence-corrected chi connectivity index (χ4v) is 5.10. The number of esters is 1. The molecule has 2 heterocycles. The minimum atomic E-state index is -0.925. The first-order chi connectivity index (χ1) is 14.9. The number of anilines is 1. The monoisotopic (exact) mass is 439 g/mol. The number of rotatable bonds is 6. The van der Waals surface area contributed by atoms with E-state index in [2.05, 4.69) is 15.3 Å². The number of thiophene rings is 1. The predicted molar refractivity (Wildman–Crippen MR) is 121 cm³/mol. The van der Waals surface area contributed by atoms with Crippen molar-refractivity contribution in [2.24, 2.45) is 0 Å². The molecule has 162 valence electrons. The number of carbonyl (C=O) groups is 2. The van der Waals surface area contributed by atoms with Gasteiger partial charge in [0.2, 0.25) is 0 Å². The van der Waals surface area contributed by atoms with Gasteiger partial charge >= 0.3 is 5.97 Å². The molecule has 0 bridgehead atoms. The molecule has 0 aliphatic heterocycles. The van der Waals surface area contributed by atoms with Crippen molar-refractivity contribution in [1.82, 2.24) is 9.97 Å². The van der Waals surface area contributed by atoms with Gasteiger partial charge in [-0.3, -0.25) is 14.4 Å². The molecule has 1 amide bonds. The Kier molecular flexibility index (Phi) is 6.18. The van der Waals surface area contributed by atoms with Crippen LogP contribution in [-0.4, -0.2) is 27.9 Å². The maximum Gasteiger partial charge on any atom is 0.307 e. The SMILES string of the molecule is Cc1cccc(NC(=O)[C@H](C)OC(=O)CCc2nc3sc4c(c3c(=O)[nH]2)CCCC4)c1. The second-order valence-electron chi connectivity index (χ2n) is 7.89. The molecule has 2 aromatic heterocycles. The number of ether oxygens (including phenoxy) is 1. The minimum Gasteiger partial charge on any atom is -0.453 e. The first kappa shape index (κ1) is 21.2. The Bertz CT molecular complexity index is 1200. The van der Waals surface area contributed by atoms with Crippen LogP contribution in [0.3, 0.4) is 0 Å². The fraction of sp³-hybridized carbons (Fsp3) is 0.391. The Hall–Kier alpha value is -3.00. The van der Waals surface area contributed by atoms with E-state index in [1.54, 1.807) is 17.4 Å². The van der Waals surface area contributed by atoms with Crippen LogP contribution in [0.5, 0.6) is 0 Å². The predicted octanol–water partition coefficient (Wildman–Crippen LogP) is 3.67. The number of aryl methyl sites for hydroxylation is 4. The van der Waals surface area contributed by atoms with E-state index < -0.39 is 18.0 Å². The molecule has 3 aromatic rings. The number of hydrogen-bond acceptors (Lipinski definition) is 6. The van der Waals surface area contributed by atoms with Crippen LogP contribution < -0.4 is 10.9 Å². The van der Waals surface area contributed by atoms with Gasteiger partial charge in [-0.25, -0.2) is 4.98 Å². The summed E-state index contributed by atoms with van der Waals surface area (Å²) in [6.07, 6.45) is 3.52. The van der Waals surface area contributed by atoms with Crippen LogP contribution in [0, 0.1) is 6.92 Å². The Morgan fingerprint density at radius 3 is 2.90 bits per heavy atom. The van der Waals surface area contributed by atoms with Gasteiger partial charge in [0.15, 0.2) is 6.10 Å². The summed E-state index contributed by atoms with van der Waals surface area (Å²) in [5.41, 5.74) is 2.67. The summed E-state index contributed by atoms with van der Waals surface area (Å²) in [7, 11) is 0. The molecule has 2 N–H and O–H groups in total. The van der Waals surface area contributed by atoms with E-state index in [0.717, 1.165) is 41.6 Å². The van der Waals surface area contributed by atoms with Crippen LogP contribution in [0.1, 0.15) is 48.0 Å². The number of nitrogens with zero attached hydrogens (tertiary/aromatic N) is 1. The minimum absolute atomic E-state index is 0.0294. The van der Waals surface area contributed by atoms with Crippen LogP contribution in [0.4, 0.5) is 5.69 Å². The Balaban J connectivity index is 1.35. The second kappa shape index (κ2) is 9.01. The standard InChI is InChI=1S/C23H25N3O4S/c1-13-6-5-7-15(12-13)24-21(28)14(2)30-19(27)11-10-18-25-22(29)20-16-8-3-4-9-17(16)31-23(20)26-18/h5-7,12,14H,3-4,8-11H2,1-2H3,(H,24,28)(H,25,26,29)/t14-/m0/s1. The highest BCUT2D eigenvalue weighted by Crippen LogP contribution is 2.33. The molecule has 0 saturated carbocycles. The van der Waals surface area contributed by atoms with Gasteiger partial charge in [0.05, 0.1) is 11.8 Å². The van der Waals surface area contributed by atoms with E-state index in [9.17, 15) is 14.4 Å². The van der Waals surface area contributed by atoms with Crippen LogP contribution in [0.15, 0.2) is 29.1 Å². The summed E-state index contributed by atoms with van der Waals surface area (Å²) in [5, 5.41) is 3.44. The van der Waals surface area contributed by atoms with Gasteiger partial charge in [0.25, 0.3) is 11.5 Å². The number of amides is 1. The molecule has 7 nitrogen and oxygen atoms in total. The number of carbonyl (C=O) groups excluding carboxylic acids is 2. The molecule has 0 spiro atoms. The molecule has 1 aliphatic carbocycles. The van der Waals surface area contributed by atoms with Crippen LogP contribution in [0.25, 0.3) is 10.2 Å². The van der Waals surface area contributed by atoms with E-state index >= 15 is 0 Å². The molecule has 4 rings (SSSR count). The molecule has 0 radical (unpaired) electrons. The van der Waals surface area contributed by atoms with Crippen molar-refractivity contribution in [1.29, 1.82) is 0 Å². The summed E-state index contributed by atoms with van der Waals surface area (Å²) in [5.74, 6) is -0.443. The van der Waals surface area contributed by atoms with E-state index in [1.807, 2.05) is 25.1 Å². The molecule has 1 atom stereocenters. The van der Waals surface area contributed by atoms with Crippen molar-refractivity contribution in [2.75, 3.05) is 5.32 Å². The molecule has 1 aromatic carbocycles. The molecule has 31 heavy (non-hydrogen) atoms. The number of aromatic nitrogens is 2. The fourth-order valence-electron chi connectivity index (χ4n) is 3.82. The zero-order chi connectivity index (χ0) is 22.0. The van der Waals surface area contributed by atoms with Crippen LogP contribution >= 0.6 is 11.3 Å². The van der Waals surface area contributed by atoms with Gasteiger partial charge in [-0.15, -0.1) is 11.3 Å². The molecule has 0 saturated heterocycles.